The van der Waals surface area contributed by atoms with Crippen molar-refractivity contribution >= 4 is 34.5 Å². The Morgan fingerprint density at radius 1 is 1.25 bits per heavy atom. The van der Waals surface area contributed by atoms with Crippen molar-refractivity contribution in [3.05, 3.63) is 29.8 Å². The number of nitrogens with one attached hydrogen (secondary N) is 1. The lowest BCUT2D eigenvalue weighted by molar-refractivity contribution is -0.114. The molecule has 0 spiro atoms. The van der Waals surface area contributed by atoms with Crippen molar-refractivity contribution in [3.63, 3.8) is 0 Å². The minimum atomic E-state index is -0.528. The largest absolute Gasteiger partial charge is 0.497 e. The van der Waals surface area contributed by atoms with Crippen LogP contribution in [0.3, 0.4) is 0 Å². The summed E-state index contributed by atoms with van der Waals surface area (Å²) in [6, 6.07) is 5.07. The Kier molecular flexibility index (Phi) is 8.44. The van der Waals surface area contributed by atoms with Crippen LogP contribution in [-0.4, -0.2) is 37.4 Å². The van der Waals surface area contributed by atoms with Crippen LogP contribution >= 0.6 is 12.2 Å². The number of amides is 2. The maximum absolute atomic E-state index is 12.4. The van der Waals surface area contributed by atoms with Gasteiger partial charge in [-0.3, -0.25) is 4.79 Å². The number of carbonyl (C=O) groups excluding carboxylic acids is 2. The molecule has 1 aromatic rings. The zero-order chi connectivity index (χ0) is 20.5. The highest BCUT2D eigenvalue weighted by molar-refractivity contribution is 7.80. The van der Waals surface area contributed by atoms with Gasteiger partial charge in [0.2, 0.25) is 0 Å². The highest BCUT2D eigenvalue weighted by atomic mass is 32.1. The first-order valence-corrected chi connectivity index (χ1v) is 9.87. The van der Waals surface area contributed by atoms with Crippen LogP contribution in [0.2, 0.25) is 0 Å². The summed E-state index contributed by atoms with van der Waals surface area (Å²) in [6.45, 7) is 0.490. The number of ether oxygens (including phenoxy) is 2. The summed E-state index contributed by atoms with van der Waals surface area (Å²) in [4.78, 5) is 24.3. The summed E-state index contributed by atoms with van der Waals surface area (Å²) in [5.41, 5.74) is 6.98. The summed E-state index contributed by atoms with van der Waals surface area (Å²) in [5, 5.41) is 2.63. The van der Waals surface area contributed by atoms with E-state index in [2.05, 4.69) is 5.32 Å². The molecule has 7 heteroatoms. The van der Waals surface area contributed by atoms with Crippen LogP contribution in [0.4, 0.5) is 4.79 Å². The summed E-state index contributed by atoms with van der Waals surface area (Å²) >= 11 is 5.62. The summed E-state index contributed by atoms with van der Waals surface area (Å²) in [6.07, 6.45) is 5.91. The van der Waals surface area contributed by atoms with E-state index < -0.39 is 6.03 Å². The van der Waals surface area contributed by atoms with E-state index in [4.69, 9.17) is 27.4 Å². The van der Waals surface area contributed by atoms with E-state index in [1.807, 2.05) is 18.2 Å². The second-order valence-electron chi connectivity index (χ2n) is 6.84. The molecule has 0 saturated carbocycles. The SMILES string of the molecule is COc1ccc(/C2=C/C(=O)CCCC(=S)C(CCNC(N)=O)CC2)c(OC)c1. The van der Waals surface area contributed by atoms with E-state index in [-0.39, 0.29) is 11.7 Å². The minimum Gasteiger partial charge on any atom is -0.497 e. The van der Waals surface area contributed by atoms with E-state index >= 15 is 0 Å². The van der Waals surface area contributed by atoms with Gasteiger partial charge in [-0.2, -0.15) is 0 Å². The molecule has 2 amide bonds. The lowest BCUT2D eigenvalue weighted by atomic mass is 9.87. The van der Waals surface area contributed by atoms with Gasteiger partial charge in [0.15, 0.2) is 5.78 Å². The van der Waals surface area contributed by atoms with E-state index in [0.717, 1.165) is 41.7 Å². The number of rotatable bonds is 6. The fourth-order valence-electron chi connectivity index (χ4n) is 3.42. The number of nitrogens with two attached hydrogens (primary N) is 1. The van der Waals surface area contributed by atoms with E-state index in [1.54, 1.807) is 20.3 Å². The molecule has 1 aliphatic rings. The molecular weight excluding hydrogens is 376 g/mol. The monoisotopic (exact) mass is 404 g/mol. The number of allylic oxidation sites excluding steroid dienone is 2. The maximum Gasteiger partial charge on any atom is 0.312 e. The molecule has 1 unspecified atom stereocenters. The first-order chi connectivity index (χ1) is 13.4. The average molecular weight is 405 g/mol. The number of ketones is 1. The molecular formula is C21H28N2O4S. The van der Waals surface area contributed by atoms with Crippen molar-refractivity contribution in [1.82, 2.24) is 5.32 Å². The number of methoxy groups -OCH3 is 2. The fraction of sp³-hybridized carbons (Fsp3) is 0.476. The molecule has 0 radical (unpaired) electrons. The van der Waals surface area contributed by atoms with Crippen LogP contribution < -0.4 is 20.5 Å². The van der Waals surface area contributed by atoms with Gasteiger partial charge in [-0.1, -0.05) is 12.2 Å². The number of urea groups is 1. The normalized spacial score (nSPS) is 20.1. The highest BCUT2D eigenvalue weighted by Gasteiger charge is 2.20. The van der Waals surface area contributed by atoms with Gasteiger partial charge < -0.3 is 20.5 Å². The minimum absolute atomic E-state index is 0.101. The molecule has 1 aromatic carbocycles. The fourth-order valence-corrected chi connectivity index (χ4v) is 3.80. The number of benzene rings is 1. The number of hydrogen-bond acceptors (Lipinski definition) is 5. The van der Waals surface area contributed by atoms with Gasteiger partial charge >= 0.3 is 6.03 Å². The smallest absolute Gasteiger partial charge is 0.312 e. The Labute approximate surface area is 171 Å². The Hall–Kier alpha value is -2.41. The van der Waals surface area contributed by atoms with Crippen molar-refractivity contribution in [1.29, 1.82) is 0 Å². The summed E-state index contributed by atoms with van der Waals surface area (Å²) < 4.78 is 10.8. The van der Waals surface area contributed by atoms with Crippen LogP contribution in [0.5, 0.6) is 11.5 Å². The Balaban J connectivity index is 2.26. The molecule has 1 atom stereocenters. The van der Waals surface area contributed by atoms with E-state index in [9.17, 15) is 9.59 Å². The van der Waals surface area contributed by atoms with Gasteiger partial charge in [-0.15, -0.1) is 0 Å². The molecule has 0 fully saturated rings. The predicted octanol–water partition coefficient (Wildman–Crippen LogP) is 3.66. The molecule has 1 aliphatic carbocycles. The van der Waals surface area contributed by atoms with Crippen LogP contribution in [0, 0.1) is 5.92 Å². The predicted molar refractivity (Wildman–Crippen MR) is 114 cm³/mol. The number of thiocarbonyl (C=S) groups is 1. The second kappa shape index (κ2) is 10.8. The third kappa shape index (κ3) is 6.34. The lowest BCUT2D eigenvalue weighted by Gasteiger charge is -2.21. The van der Waals surface area contributed by atoms with E-state index in [1.165, 1.54) is 0 Å². The average Bonchev–Trinajstić information content (AvgIpc) is 2.68. The molecule has 152 valence electrons. The molecule has 0 aliphatic heterocycles. The quantitative estimate of drug-likeness (QED) is 0.706. The van der Waals surface area contributed by atoms with Crippen molar-refractivity contribution < 1.29 is 19.1 Å². The molecule has 6 nitrogen and oxygen atoms in total. The molecule has 3 N–H and O–H groups in total. The van der Waals surface area contributed by atoms with Crippen LogP contribution in [0.25, 0.3) is 5.57 Å². The van der Waals surface area contributed by atoms with E-state index in [0.29, 0.717) is 30.9 Å². The van der Waals surface area contributed by atoms with Gasteiger partial charge in [-0.05, 0) is 66.7 Å². The van der Waals surface area contributed by atoms with Crippen LogP contribution in [0.1, 0.15) is 44.1 Å². The Bertz CT molecular complexity index is 761. The first kappa shape index (κ1) is 21.9. The summed E-state index contributed by atoms with van der Waals surface area (Å²) in [7, 11) is 3.21. The number of primary amides is 1. The third-order valence-corrected chi connectivity index (χ3v) is 5.48. The van der Waals surface area contributed by atoms with Gasteiger partial charge in [-0.25, -0.2) is 4.79 Å². The van der Waals surface area contributed by atoms with Gasteiger partial charge in [0, 0.05) is 24.6 Å². The summed E-state index contributed by atoms with van der Waals surface area (Å²) in [5.74, 6) is 1.65. The molecule has 28 heavy (non-hydrogen) atoms. The van der Waals surface area contributed by atoms with Crippen molar-refractivity contribution in [2.75, 3.05) is 20.8 Å². The lowest BCUT2D eigenvalue weighted by Crippen LogP contribution is -2.32. The molecule has 2 rings (SSSR count). The van der Waals surface area contributed by atoms with Crippen LogP contribution in [-0.2, 0) is 4.79 Å². The number of carbonyl (C=O) groups is 2. The molecule has 0 saturated heterocycles. The Morgan fingerprint density at radius 3 is 2.71 bits per heavy atom. The highest BCUT2D eigenvalue weighted by Crippen LogP contribution is 2.34. The third-order valence-electron chi connectivity index (χ3n) is 4.95. The van der Waals surface area contributed by atoms with Crippen molar-refractivity contribution in [2.24, 2.45) is 11.7 Å². The zero-order valence-electron chi connectivity index (χ0n) is 16.5. The van der Waals surface area contributed by atoms with Crippen molar-refractivity contribution in [3.8, 4) is 11.5 Å². The standard InChI is InChI=1S/C21H28N2O4S/c1-26-17-8-9-18(19(13-17)27-2)15-7-6-14(10-11-23-21(22)25)20(28)5-3-4-16(24)12-15/h8-9,12-14H,3-7,10-11H2,1-2H3,(H3,22,23,25)/b15-12+. The molecule has 0 heterocycles. The zero-order valence-corrected chi connectivity index (χ0v) is 17.3. The van der Waals surface area contributed by atoms with Gasteiger partial charge in [0.05, 0.1) is 14.2 Å². The maximum atomic E-state index is 12.4. The molecule has 0 aromatic heterocycles. The second-order valence-corrected chi connectivity index (χ2v) is 7.36. The molecule has 0 bridgehead atoms. The Morgan fingerprint density at radius 2 is 2.04 bits per heavy atom. The van der Waals surface area contributed by atoms with Gasteiger partial charge in [0.25, 0.3) is 0 Å². The first-order valence-electron chi connectivity index (χ1n) is 9.46. The topological polar surface area (TPSA) is 90.6 Å². The van der Waals surface area contributed by atoms with Crippen LogP contribution in [0.15, 0.2) is 24.3 Å². The van der Waals surface area contributed by atoms with Gasteiger partial charge in [0.1, 0.15) is 11.5 Å². The van der Waals surface area contributed by atoms with Crippen molar-refractivity contribution in [2.45, 2.75) is 38.5 Å². The number of hydrogen-bond donors (Lipinski definition) is 2.